The van der Waals surface area contributed by atoms with Gasteiger partial charge in [-0.25, -0.2) is 5.10 Å². The van der Waals surface area contributed by atoms with Crippen molar-refractivity contribution in [2.75, 3.05) is 11.4 Å². The first-order valence-corrected chi connectivity index (χ1v) is 9.98. The molecule has 1 atom stereocenters. The number of rotatable bonds is 4. The third-order valence-electron chi connectivity index (χ3n) is 5.51. The van der Waals surface area contributed by atoms with Crippen LogP contribution in [0.2, 0.25) is 5.02 Å². The van der Waals surface area contributed by atoms with Crippen molar-refractivity contribution < 1.29 is 13.2 Å². The van der Waals surface area contributed by atoms with Crippen molar-refractivity contribution in [2.24, 2.45) is 5.73 Å². The number of aromatic nitrogens is 4. The minimum atomic E-state index is -4.64. The van der Waals surface area contributed by atoms with Gasteiger partial charge in [-0.1, -0.05) is 35.9 Å². The fourth-order valence-electron chi connectivity index (χ4n) is 3.80. The van der Waals surface area contributed by atoms with Gasteiger partial charge >= 0.3 is 6.18 Å². The Balaban J connectivity index is 1.77. The van der Waals surface area contributed by atoms with Crippen molar-refractivity contribution in [3.63, 3.8) is 0 Å². The summed E-state index contributed by atoms with van der Waals surface area (Å²) in [6, 6.07) is 5.43. The average Bonchev–Trinajstić information content (AvgIpc) is 3.08. The quantitative estimate of drug-likeness (QED) is 0.634. The molecule has 164 valence electrons. The van der Waals surface area contributed by atoms with Crippen LogP contribution in [-0.4, -0.2) is 32.7 Å². The van der Waals surface area contributed by atoms with Crippen LogP contribution in [0.5, 0.6) is 0 Å². The second-order valence-electron chi connectivity index (χ2n) is 7.48. The minimum Gasteiger partial charge on any atom is -0.364 e. The van der Waals surface area contributed by atoms with E-state index in [0.29, 0.717) is 36.5 Å². The van der Waals surface area contributed by atoms with Crippen LogP contribution in [0.1, 0.15) is 34.1 Å². The number of hydrogen-bond donors (Lipinski definition) is 2. The predicted octanol–water partition coefficient (Wildman–Crippen LogP) is 3.10. The highest BCUT2D eigenvalue weighted by molar-refractivity contribution is 6.33. The largest absolute Gasteiger partial charge is 0.409 e. The zero-order chi connectivity index (χ0) is 22.3. The molecular formula is C20H20ClF3N6O. The second kappa shape index (κ2) is 8.01. The van der Waals surface area contributed by atoms with Gasteiger partial charge in [0.15, 0.2) is 0 Å². The maximum absolute atomic E-state index is 13.5. The summed E-state index contributed by atoms with van der Waals surface area (Å²) in [5.41, 5.74) is 8.22. The molecule has 2 aromatic heterocycles. The molecule has 1 aliphatic rings. The van der Waals surface area contributed by atoms with Crippen LogP contribution in [-0.2, 0) is 19.5 Å². The Morgan fingerprint density at radius 1 is 1.32 bits per heavy atom. The second-order valence-corrected chi connectivity index (χ2v) is 7.86. The molecule has 0 saturated carbocycles. The summed E-state index contributed by atoms with van der Waals surface area (Å²) in [7, 11) is 0. The summed E-state index contributed by atoms with van der Waals surface area (Å²) < 4.78 is 42.0. The fraction of sp³-hybridized carbons (Fsp3) is 0.350. The van der Waals surface area contributed by atoms with Crippen LogP contribution >= 0.6 is 11.6 Å². The molecular weight excluding hydrogens is 433 g/mol. The average molecular weight is 453 g/mol. The molecule has 0 radical (unpaired) electrons. The van der Waals surface area contributed by atoms with Crippen molar-refractivity contribution >= 4 is 17.3 Å². The molecule has 1 aromatic carbocycles. The Kier molecular flexibility index (Phi) is 5.52. The lowest BCUT2D eigenvalue weighted by Gasteiger charge is -2.30. The lowest BCUT2D eigenvalue weighted by Crippen LogP contribution is -2.35. The molecule has 0 amide bonds. The van der Waals surface area contributed by atoms with Gasteiger partial charge in [0.05, 0.1) is 24.1 Å². The number of nitrogens with zero attached hydrogens (tertiary/aromatic N) is 4. The first-order valence-electron chi connectivity index (χ1n) is 9.60. The molecule has 3 N–H and O–H groups in total. The van der Waals surface area contributed by atoms with Gasteiger partial charge in [-0.2, -0.15) is 23.4 Å². The Morgan fingerprint density at radius 2 is 2.06 bits per heavy atom. The van der Waals surface area contributed by atoms with Crippen LogP contribution in [0, 0.1) is 6.92 Å². The number of anilines is 1. The summed E-state index contributed by atoms with van der Waals surface area (Å²) in [6.45, 7) is 2.81. The van der Waals surface area contributed by atoms with Crippen LogP contribution in [0.25, 0.3) is 0 Å². The van der Waals surface area contributed by atoms with Gasteiger partial charge < -0.3 is 10.6 Å². The number of benzene rings is 1. The Labute approximate surface area is 180 Å². The van der Waals surface area contributed by atoms with Crippen molar-refractivity contribution in [1.29, 1.82) is 0 Å². The number of fused-ring (bicyclic) bond motifs is 1. The molecule has 0 bridgehead atoms. The van der Waals surface area contributed by atoms with E-state index in [1.165, 1.54) is 6.20 Å². The Morgan fingerprint density at radius 3 is 2.77 bits per heavy atom. The molecule has 0 fully saturated rings. The lowest BCUT2D eigenvalue weighted by atomic mass is 10.0. The highest BCUT2D eigenvalue weighted by Gasteiger charge is 2.42. The molecule has 3 aromatic rings. The molecule has 1 aliphatic heterocycles. The summed E-state index contributed by atoms with van der Waals surface area (Å²) in [6.07, 6.45) is -2.83. The van der Waals surface area contributed by atoms with E-state index in [4.69, 9.17) is 17.3 Å². The van der Waals surface area contributed by atoms with Gasteiger partial charge in [0.2, 0.25) is 0 Å². The summed E-state index contributed by atoms with van der Waals surface area (Å²) in [5.74, 6) is 0. The number of H-pyrrole nitrogens is 1. The van der Waals surface area contributed by atoms with E-state index in [1.807, 2.05) is 31.2 Å². The van der Waals surface area contributed by atoms with Gasteiger partial charge in [0.1, 0.15) is 11.1 Å². The molecule has 3 heterocycles. The third-order valence-corrected chi connectivity index (χ3v) is 5.88. The minimum absolute atomic E-state index is 0.0626. The maximum atomic E-state index is 13.5. The maximum Gasteiger partial charge on any atom is 0.409 e. The molecule has 7 nitrogen and oxygen atoms in total. The van der Waals surface area contributed by atoms with Gasteiger partial charge in [0, 0.05) is 30.8 Å². The van der Waals surface area contributed by atoms with Crippen molar-refractivity contribution in [3.05, 3.63) is 73.9 Å². The van der Waals surface area contributed by atoms with Crippen molar-refractivity contribution in [3.8, 4) is 0 Å². The number of aryl methyl sites for hydroxylation is 1. The fourth-order valence-corrected chi connectivity index (χ4v) is 4.01. The molecule has 0 saturated heterocycles. The first kappa shape index (κ1) is 21.4. The topological polar surface area (TPSA) is 92.8 Å². The highest BCUT2D eigenvalue weighted by atomic mass is 35.5. The molecule has 0 aliphatic carbocycles. The Bertz CT molecular complexity index is 1170. The molecule has 31 heavy (non-hydrogen) atoms. The molecule has 0 spiro atoms. The summed E-state index contributed by atoms with van der Waals surface area (Å²) in [5, 5.41) is 10.2. The number of alkyl halides is 3. The van der Waals surface area contributed by atoms with Gasteiger partial charge in [-0.05, 0) is 18.1 Å². The predicted molar refractivity (Wildman–Crippen MR) is 110 cm³/mol. The van der Waals surface area contributed by atoms with Gasteiger partial charge in [-0.3, -0.25) is 9.48 Å². The van der Waals surface area contributed by atoms with E-state index in [9.17, 15) is 18.0 Å². The smallest absolute Gasteiger partial charge is 0.364 e. The van der Waals surface area contributed by atoms with Crippen LogP contribution < -0.4 is 16.2 Å². The highest BCUT2D eigenvalue weighted by Crippen LogP contribution is 2.36. The van der Waals surface area contributed by atoms with E-state index in [2.05, 4.69) is 15.3 Å². The SMILES string of the molecule is Cc1ccccc1Cn1nc([C@@H](N)C(F)(F)F)c2c1CCN(c1cn[nH]c(=O)c1Cl)C2. The summed E-state index contributed by atoms with van der Waals surface area (Å²) in [4.78, 5) is 13.5. The third kappa shape index (κ3) is 4.05. The molecule has 11 heteroatoms. The zero-order valence-electron chi connectivity index (χ0n) is 16.6. The van der Waals surface area contributed by atoms with Crippen LogP contribution in [0.3, 0.4) is 0 Å². The number of nitrogens with one attached hydrogen (secondary N) is 1. The monoisotopic (exact) mass is 452 g/mol. The van der Waals surface area contributed by atoms with Crippen LogP contribution in [0.4, 0.5) is 18.9 Å². The van der Waals surface area contributed by atoms with E-state index in [0.717, 1.165) is 11.1 Å². The molecule has 0 unspecified atom stereocenters. The van der Waals surface area contributed by atoms with Crippen molar-refractivity contribution in [1.82, 2.24) is 20.0 Å². The van der Waals surface area contributed by atoms with Crippen LogP contribution in [0.15, 0.2) is 35.3 Å². The van der Waals surface area contributed by atoms with E-state index >= 15 is 0 Å². The van der Waals surface area contributed by atoms with Gasteiger partial charge in [0.25, 0.3) is 5.56 Å². The number of nitrogens with two attached hydrogens (primary N) is 1. The van der Waals surface area contributed by atoms with Gasteiger partial charge in [-0.15, -0.1) is 0 Å². The van der Waals surface area contributed by atoms with E-state index < -0.39 is 17.8 Å². The molecule has 4 rings (SSSR count). The first-order chi connectivity index (χ1) is 14.7. The van der Waals surface area contributed by atoms with E-state index in [1.54, 1.807) is 9.58 Å². The van der Waals surface area contributed by atoms with Crippen molar-refractivity contribution in [2.45, 2.75) is 38.7 Å². The summed E-state index contributed by atoms with van der Waals surface area (Å²) >= 11 is 6.11. The lowest BCUT2D eigenvalue weighted by molar-refractivity contribution is -0.150. The standard InChI is InChI=1S/C20H20ClF3N6O/c1-11-4-2-3-5-12(11)9-30-14-6-7-29(15-8-26-27-19(31)16(15)21)10-13(14)17(28-30)18(25)20(22,23)24/h2-5,8,18H,6-7,9-10,25H2,1H3,(H,27,31)/t18-/m1/s1. The number of aromatic amines is 1. The number of hydrogen-bond acceptors (Lipinski definition) is 5. The normalized spacial score (nSPS) is 15.1. The zero-order valence-corrected chi connectivity index (χ0v) is 17.3. The number of halogens is 4. The van der Waals surface area contributed by atoms with E-state index in [-0.39, 0.29) is 17.3 Å². The Hall–Kier alpha value is -2.85.